The summed E-state index contributed by atoms with van der Waals surface area (Å²) < 4.78 is 0.373. The average Bonchev–Trinajstić information content (AvgIpc) is 2.85. The lowest BCUT2D eigenvalue weighted by molar-refractivity contribution is -0.122. The Balaban J connectivity index is 2.26. The molecule has 0 heterocycles. The van der Waals surface area contributed by atoms with Gasteiger partial charge in [-0.05, 0) is 32.4 Å². The zero-order valence-corrected chi connectivity index (χ0v) is 12.9. The van der Waals surface area contributed by atoms with Gasteiger partial charge in [0.25, 0.3) is 0 Å². The van der Waals surface area contributed by atoms with Crippen molar-refractivity contribution >= 4 is 17.7 Å². The molecule has 1 unspecified atom stereocenters. The number of hydrogen-bond acceptors (Lipinski definition) is 3. The van der Waals surface area contributed by atoms with Crippen LogP contribution in [0.2, 0.25) is 0 Å². The van der Waals surface area contributed by atoms with E-state index in [1.165, 1.54) is 25.7 Å². The van der Waals surface area contributed by atoms with Crippen molar-refractivity contribution in [1.82, 2.24) is 10.6 Å². The van der Waals surface area contributed by atoms with E-state index in [-0.39, 0.29) is 11.9 Å². The zero-order valence-electron chi connectivity index (χ0n) is 12.1. The van der Waals surface area contributed by atoms with E-state index in [0.717, 1.165) is 25.9 Å². The van der Waals surface area contributed by atoms with Gasteiger partial charge in [0.1, 0.15) is 0 Å². The molecule has 4 heteroatoms. The molecule has 0 aromatic rings. The standard InChI is InChI=1S/C14H28N2OS/c1-4-5-10-15-13(17)12(2)16-11-14(18-3)8-6-7-9-14/h12,16H,4-11H2,1-3H3,(H,15,17). The highest BCUT2D eigenvalue weighted by Gasteiger charge is 2.33. The van der Waals surface area contributed by atoms with Crippen molar-refractivity contribution in [3.8, 4) is 0 Å². The van der Waals surface area contributed by atoms with Crippen LogP contribution in [0.5, 0.6) is 0 Å². The van der Waals surface area contributed by atoms with E-state index < -0.39 is 0 Å². The Morgan fingerprint density at radius 2 is 2.06 bits per heavy atom. The molecule has 1 atom stereocenters. The molecule has 2 N–H and O–H groups in total. The van der Waals surface area contributed by atoms with Crippen molar-refractivity contribution in [2.24, 2.45) is 0 Å². The number of thioether (sulfide) groups is 1. The molecule has 0 bridgehead atoms. The van der Waals surface area contributed by atoms with Gasteiger partial charge in [0, 0.05) is 17.8 Å². The monoisotopic (exact) mass is 272 g/mol. The van der Waals surface area contributed by atoms with Gasteiger partial charge in [-0.2, -0.15) is 11.8 Å². The molecule has 0 aliphatic heterocycles. The minimum Gasteiger partial charge on any atom is -0.355 e. The summed E-state index contributed by atoms with van der Waals surface area (Å²) in [5.74, 6) is 0.137. The molecule has 1 aliphatic carbocycles. The maximum atomic E-state index is 11.8. The van der Waals surface area contributed by atoms with Gasteiger partial charge in [-0.1, -0.05) is 26.2 Å². The second kappa shape index (κ2) is 8.05. The fourth-order valence-electron chi connectivity index (χ4n) is 2.45. The van der Waals surface area contributed by atoms with Crippen LogP contribution in [0.3, 0.4) is 0 Å². The van der Waals surface area contributed by atoms with E-state index in [1.807, 2.05) is 18.7 Å². The SMILES string of the molecule is CCCCNC(=O)C(C)NCC1(SC)CCCC1. The van der Waals surface area contributed by atoms with Crippen LogP contribution in [0.25, 0.3) is 0 Å². The first-order valence-corrected chi connectivity index (χ1v) is 8.42. The first-order valence-electron chi connectivity index (χ1n) is 7.20. The Hall–Kier alpha value is -0.220. The van der Waals surface area contributed by atoms with Gasteiger partial charge in [-0.15, -0.1) is 0 Å². The van der Waals surface area contributed by atoms with Gasteiger partial charge in [-0.25, -0.2) is 0 Å². The van der Waals surface area contributed by atoms with Gasteiger partial charge in [-0.3, -0.25) is 4.79 Å². The van der Waals surface area contributed by atoms with Crippen LogP contribution in [-0.4, -0.2) is 36.0 Å². The Morgan fingerprint density at radius 3 is 2.61 bits per heavy atom. The Kier molecular flexibility index (Phi) is 7.08. The van der Waals surface area contributed by atoms with E-state index >= 15 is 0 Å². The molecule has 1 rings (SSSR count). The minimum absolute atomic E-state index is 0.0773. The highest BCUT2D eigenvalue weighted by molar-refractivity contribution is 8.00. The molecule has 1 aliphatic rings. The largest absolute Gasteiger partial charge is 0.355 e. The summed E-state index contributed by atoms with van der Waals surface area (Å²) in [6, 6.07) is -0.0773. The van der Waals surface area contributed by atoms with Gasteiger partial charge < -0.3 is 10.6 Å². The number of amides is 1. The van der Waals surface area contributed by atoms with E-state index in [2.05, 4.69) is 23.8 Å². The summed E-state index contributed by atoms with van der Waals surface area (Å²) >= 11 is 1.96. The second-order valence-corrected chi connectivity index (χ2v) is 6.62. The molecule has 0 spiro atoms. The number of hydrogen-bond donors (Lipinski definition) is 2. The molecule has 18 heavy (non-hydrogen) atoms. The molecule has 0 aromatic heterocycles. The van der Waals surface area contributed by atoms with Crippen LogP contribution >= 0.6 is 11.8 Å². The van der Waals surface area contributed by atoms with Gasteiger partial charge >= 0.3 is 0 Å². The first kappa shape index (κ1) is 15.8. The molecule has 106 valence electrons. The highest BCUT2D eigenvalue weighted by Crippen LogP contribution is 2.39. The van der Waals surface area contributed by atoms with Crippen molar-refractivity contribution in [2.75, 3.05) is 19.3 Å². The summed E-state index contributed by atoms with van der Waals surface area (Å²) in [7, 11) is 0. The molecule has 1 saturated carbocycles. The summed E-state index contributed by atoms with van der Waals surface area (Å²) in [4.78, 5) is 11.8. The predicted molar refractivity (Wildman–Crippen MR) is 80.1 cm³/mol. The molecule has 1 fully saturated rings. The van der Waals surface area contributed by atoms with Crippen LogP contribution in [0, 0.1) is 0 Å². The summed E-state index contributed by atoms with van der Waals surface area (Å²) in [5.41, 5.74) is 0. The Bertz CT molecular complexity index is 252. The lowest BCUT2D eigenvalue weighted by atomic mass is 10.1. The maximum absolute atomic E-state index is 11.8. The summed E-state index contributed by atoms with van der Waals surface area (Å²) in [5, 5.41) is 6.39. The van der Waals surface area contributed by atoms with Gasteiger partial charge in [0.05, 0.1) is 6.04 Å². The smallest absolute Gasteiger partial charge is 0.236 e. The molecular weight excluding hydrogens is 244 g/mol. The molecule has 0 aromatic carbocycles. The van der Waals surface area contributed by atoms with E-state index in [0.29, 0.717) is 4.75 Å². The predicted octanol–water partition coefficient (Wildman–Crippen LogP) is 2.56. The number of carbonyl (C=O) groups is 1. The third-order valence-corrected chi connectivity index (χ3v) is 5.32. The number of carbonyl (C=O) groups excluding carboxylic acids is 1. The number of unbranched alkanes of at least 4 members (excludes halogenated alkanes) is 1. The van der Waals surface area contributed by atoms with Crippen LogP contribution in [0.15, 0.2) is 0 Å². The molecule has 1 amide bonds. The zero-order chi connectivity index (χ0) is 13.4. The normalized spacial score (nSPS) is 19.7. The van der Waals surface area contributed by atoms with Crippen LogP contribution in [-0.2, 0) is 4.79 Å². The number of rotatable bonds is 8. The van der Waals surface area contributed by atoms with Crippen molar-refractivity contribution in [3.63, 3.8) is 0 Å². The molecule has 0 saturated heterocycles. The lowest BCUT2D eigenvalue weighted by Crippen LogP contribution is -2.47. The first-order chi connectivity index (χ1) is 8.63. The van der Waals surface area contributed by atoms with E-state index in [4.69, 9.17) is 0 Å². The number of nitrogens with one attached hydrogen (secondary N) is 2. The summed E-state index contributed by atoms with van der Waals surface area (Å²) in [6.07, 6.45) is 9.61. The molecular formula is C14H28N2OS. The second-order valence-electron chi connectivity index (χ2n) is 5.34. The van der Waals surface area contributed by atoms with Crippen molar-refractivity contribution < 1.29 is 4.79 Å². The molecule has 3 nitrogen and oxygen atoms in total. The fourth-order valence-corrected chi connectivity index (χ4v) is 3.37. The van der Waals surface area contributed by atoms with E-state index in [1.54, 1.807) is 0 Å². The van der Waals surface area contributed by atoms with Crippen LogP contribution in [0.1, 0.15) is 52.4 Å². The third-order valence-electron chi connectivity index (χ3n) is 3.90. The van der Waals surface area contributed by atoms with Crippen LogP contribution < -0.4 is 10.6 Å². The molecule has 0 radical (unpaired) electrons. The topological polar surface area (TPSA) is 41.1 Å². The van der Waals surface area contributed by atoms with Crippen molar-refractivity contribution in [2.45, 2.75) is 63.2 Å². The van der Waals surface area contributed by atoms with Crippen molar-refractivity contribution in [3.05, 3.63) is 0 Å². The van der Waals surface area contributed by atoms with Gasteiger partial charge in [0.2, 0.25) is 5.91 Å². The highest BCUT2D eigenvalue weighted by atomic mass is 32.2. The Morgan fingerprint density at radius 1 is 1.39 bits per heavy atom. The third kappa shape index (κ3) is 4.81. The fraction of sp³-hybridized carbons (Fsp3) is 0.929. The Labute approximate surface area is 116 Å². The van der Waals surface area contributed by atoms with Crippen LogP contribution in [0.4, 0.5) is 0 Å². The quantitative estimate of drug-likeness (QED) is 0.667. The lowest BCUT2D eigenvalue weighted by Gasteiger charge is -2.28. The average molecular weight is 272 g/mol. The minimum atomic E-state index is -0.0773. The van der Waals surface area contributed by atoms with Crippen molar-refractivity contribution in [1.29, 1.82) is 0 Å². The van der Waals surface area contributed by atoms with E-state index in [9.17, 15) is 4.79 Å². The van der Waals surface area contributed by atoms with Gasteiger partial charge in [0.15, 0.2) is 0 Å². The summed E-state index contributed by atoms with van der Waals surface area (Å²) in [6.45, 7) is 5.85. The maximum Gasteiger partial charge on any atom is 0.236 e.